The zero-order valence-corrected chi connectivity index (χ0v) is 21.0. The van der Waals surface area contributed by atoms with Gasteiger partial charge >= 0.3 is 0 Å². The standard InChI is InChI=1S/C23H22Br2N2O2S/c1-5-9-29-21-17(24)11-16(12-18(21)25)13-20-22(28)27(6-2)23(30-20)26-19-10-14(3)7-8-15(19)4/h5,7-8,10-13H,1,6,9H2,2-4H3/b20-13+,26-23?. The molecule has 2 aromatic rings. The molecule has 4 nitrogen and oxygen atoms in total. The van der Waals surface area contributed by atoms with E-state index in [9.17, 15) is 4.79 Å². The largest absolute Gasteiger partial charge is 0.487 e. The first-order valence-corrected chi connectivity index (χ1v) is 11.8. The molecular weight excluding hydrogens is 528 g/mol. The Labute approximate surface area is 198 Å². The van der Waals surface area contributed by atoms with E-state index in [1.807, 2.05) is 51.1 Å². The van der Waals surface area contributed by atoms with Crippen LogP contribution in [0.3, 0.4) is 0 Å². The molecule has 0 saturated carbocycles. The Morgan fingerprint density at radius 1 is 1.20 bits per heavy atom. The van der Waals surface area contributed by atoms with E-state index in [4.69, 9.17) is 9.73 Å². The topological polar surface area (TPSA) is 41.9 Å². The van der Waals surface area contributed by atoms with E-state index in [0.29, 0.717) is 29.0 Å². The minimum Gasteiger partial charge on any atom is -0.487 e. The summed E-state index contributed by atoms with van der Waals surface area (Å²) in [5, 5.41) is 0.700. The number of aryl methyl sites for hydroxylation is 2. The Morgan fingerprint density at radius 3 is 2.53 bits per heavy atom. The van der Waals surface area contributed by atoms with Crippen LogP contribution in [-0.2, 0) is 4.79 Å². The van der Waals surface area contributed by atoms with Crippen molar-refractivity contribution in [2.45, 2.75) is 20.8 Å². The van der Waals surface area contributed by atoms with Crippen molar-refractivity contribution < 1.29 is 9.53 Å². The summed E-state index contributed by atoms with van der Waals surface area (Å²) in [6.45, 7) is 10.7. The van der Waals surface area contributed by atoms with Gasteiger partial charge in [0.1, 0.15) is 12.4 Å². The second-order valence-corrected chi connectivity index (χ2v) is 9.48. The maximum atomic E-state index is 13.0. The molecule has 30 heavy (non-hydrogen) atoms. The fraction of sp³-hybridized carbons (Fsp3) is 0.217. The zero-order valence-electron chi connectivity index (χ0n) is 17.0. The highest BCUT2D eigenvalue weighted by molar-refractivity contribution is 9.11. The first-order chi connectivity index (χ1) is 14.3. The molecule has 0 unspecified atom stereocenters. The number of rotatable bonds is 6. The van der Waals surface area contributed by atoms with Gasteiger partial charge in [-0.05, 0) is 105 Å². The molecule has 1 heterocycles. The van der Waals surface area contributed by atoms with E-state index in [-0.39, 0.29) is 5.91 Å². The van der Waals surface area contributed by atoms with Crippen LogP contribution in [0.25, 0.3) is 6.08 Å². The molecule has 1 aliphatic heterocycles. The maximum absolute atomic E-state index is 13.0. The number of ether oxygens (including phenoxy) is 1. The predicted molar refractivity (Wildman–Crippen MR) is 133 cm³/mol. The van der Waals surface area contributed by atoms with E-state index in [1.165, 1.54) is 11.8 Å². The number of halogens is 2. The monoisotopic (exact) mass is 548 g/mol. The number of hydrogen-bond acceptors (Lipinski definition) is 4. The first-order valence-electron chi connectivity index (χ1n) is 9.44. The summed E-state index contributed by atoms with van der Waals surface area (Å²) in [4.78, 5) is 20.1. The van der Waals surface area contributed by atoms with Crippen LogP contribution in [-0.4, -0.2) is 29.1 Å². The maximum Gasteiger partial charge on any atom is 0.266 e. The number of carbonyl (C=O) groups excluding carboxylic acids is 1. The van der Waals surface area contributed by atoms with Gasteiger partial charge in [0, 0.05) is 6.54 Å². The van der Waals surface area contributed by atoms with Crippen molar-refractivity contribution in [2.75, 3.05) is 13.2 Å². The summed E-state index contributed by atoms with van der Waals surface area (Å²) in [6.07, 6.45) is 3.58. The average Bonchev–Trinajstić information content (AvgIpc) is 2.98. The number of hydrogen-bond donors (Lipinski definition) is 0. The Bertz CT molecular complexity index is 1040. The second-order valence-electron chi connectivity index (χ2n) is 6.76. The third kappa shape index (κ3) is 5.07. The van der Waals surface area contributed by atoms with Crippen molar-refractivity contribution in [2.24, 2.45) is 4.99 Å². The molecule has 1 saturated heterocycles. The van der Waals surface area contributed by atoms with Gasteiger partial charge in [-0.15, -0.1) is 0 Å². The van der Waals surface area contributed by atoms with E-state index in [1.54, 1.807) is 11.0 Å². The number of amides is 1. The van der Waals surface area contributed by atoms with E-state index in [2.05, 4.69) is 44.5 Å². The fourth-order valence-corrected chi connectivity index (χ4v) is 5.41. The molecule has 156 valence electrons. The summed E-state index contributed by atoms with van der Waals surface area (Å²) in [6, 6.07) is 10.0. The lowest BCUT2D eigenvalue weighted by atomic mass is 10.1. The smallest absolute Gasteiger partial charge is 0.266 e. The quantitative estimate of drug-likeness (QED) is 0.287. The fourth-order valence-electron chi connectivity index (χ4n) is 2.91. The molecule has 0 spiro atoms. The molecule has 0 atom stereocenters. The van der Waals surface area contributed by atoms with Gasteiger partial charge in [0.05, 0.1) is 19.5 Å². The first kappa shape index (κ1) is 22.8. The van der Waals surface area contributed by atoms with Crippen LogP contribution >= 0.6 is 43.6 Å². The Balaban J connectivity index is 1.95. The Morgan fingerprint density at radius 2 is 1.90 bits per heavy atom. The zero-order chi connectivity index (χ0) is 21.8. The van der Waals surface area contributed by atoms with E-state index in [0.717, 1.165) is 31.3 Å². The predicted octanol–water partition coefficient (Wildman–Crippen LogP) is 7.02. The van der Waals surface area contributed by atoms with Crippen LogP contribution in [0.5, 0.6) is 5.75 Å². The van der Waals surface area contributed by atoms with Crippen molar-refractivity contribution >= 4 is 66.5 Å². The lowest BCUT2D eigenvalue weighted by molar-refractivity contribution is -0.122. The van der Waals surface area contributed by atoms with Gasteiger partial charge in [0.25, 0.3) is 5.91 Å². The van der Waals surface area contributed by atoms with Crippen molar-refractivity contribution in [3.8, 4) is 5.75 Å². The van der Waals surface area contributed by atoms with E-state index < -0.39 is 0 Å². The van der Waals surface area contributed by atoms with E-state index >= 15 is 0 Å². The second kappa shape index (κ2) is 9.98. The van der Waals surface area contributed by atoms with Crippen molar-refractivity contribution in [3.05, 3.63) is 73.5 Å². The third-order valence-corrected chi connectivity index (χ3v) is 6.63. The lowest BCUT2D eigenvalue weighted by Crippen LogP contribution is -2.28. The van der Waals surface area contributed by atoms with Crippen LogP contribution in [0.4, 0.5) is 5.69 Å². The van der Waals surface area contributed by atoms with Gasteiger partial charge in [0.2, 0.25) is 0 Å². The highest BCUT2D eigenvalue weighted by Gasteiger charge is 2.32. The molecule has 0 bridgehead atoms. The molecule has 0 N–H and O–H groups in total. The van der Waals surface area contributed by atoms with Gasteiger partial charge in [-0.1, -0.05) is 24.8 Å². The summed E-state index contributed by atoms with van der Waals surface area (Å²) in [5.41, 5.74) is 4.00. The minimum absolute atomic E-state index is 0.0363. The molecule has 7 heteroatoms. The molecule has 2 aromatic carbocycles. The molecule has 3 rings (SSSR count). The number of aliphatic imine (C=N–C) groups is 1. The van der Waals surface area contributed by atoms with Crippen molar-refractivity contribution in [1.82, 2.24) is 4.90 Å². The van der Waals surface area contributed by atoms with Gasteiger partial charge in [-0.2, -0.15) is 0 Å². The van der Waals surface area contributed by atoms with Crippen LogP contribution < -0.4 is 4.74 Å². The molecule has 1 fully saturated rings. The van der Waals surface area contributed by atoms with Gasteiger partial charge in [-0.3, -0.25) is 9.69 Å². The van der Waals surface area contributed by atoms with Crippen LogP contribution in [0.1, 0.15) is 23.6 Å². The highest BCUT2D eigenvalue weighted by Crippen LogP contribution is 2.38. The number of benzene rings is 2. The number of amidine groups is 1. The summed E-state index contributed by atoms with van der Waals surface area (Å²) in [7, 11) is 0. The molecule has 0 aromatic heterocycles. The van der Waals surface area contributed by atoms with Gasteiger partial charge in [-0.25, -0.2) is 4.99 Å². The Hall–Kier alpha value is -1.83. The number of carbonyl (C=O) groups is 1. The molecule has 1 amide bonds. The SMILES string of the molecule is C=CCOc1c(Br)cc(/C=C2/SC(=Nc3cc(C)ccc3C)N(CC)C2=O)cc1Br. The number of nitrogens with zero attached hydrogens (tertiary/aromatic N) is 2. The van der Waals surface area contributed by atoms with Gasteiger partial charge in [0.15, 0.2) is 5.17 Å². The highest BCUT2D eigenvalue weighted by atomic mass is 79.9. The van der Waals surface area contributed by atoms with Crippen LogP contribution in [0.15, 0.2) is 61.8 Å². The number of thioether (sulfide) groups is 1. The normalized spacial score (nSPS) is 16.6. The summed E-state index contributed by atoms with van der Waals surface area (Å²) < 4.78 is 7.28. The van der Waals surface area contributed by atoms with Crippen LogP contribution in [0, 0.1) is 13.8 Å². The molecule has 0 radical (unpaired) electrons. The Kier molecular flexibility index (Phi) is 7.60. The molecule has 0 aliphatic carbocycles. The van der Waals surface area contributed by atoms with Crippen molar-refractivity contribution in [3.63, 3.8) is 0 Å². The van der Waals surface area contributed by atoms with Crippen LogP contribution in [0.2, 0.25) is 0 Å². The third-order valence-electron chi connectivity index (χ3n) is 4.45. The van der Waals surface area contributed by atoms with Crippen molar-refractivity contribution in [1.29, 1.82) is 0 Å². The molecular formula is C23H22Br2N2O2S. The summed E-state index contributed by atoms with van der Waals surface area (Å²) >= 11 is 8.49. The minimum atomic E-state index is -0.0363. The number of likely N-dealkylation sites (N-methyl/N-ethyl adjacent to an activating group) is 1. The average molecular weight is 550 g/mol. The summed E-state index contributed by atoms with van der Waals surface area (Å²) in [5.74, 6) is 0.667. The molecule has 1 aliphatic rings. The van der Waals surface area contributed by atoms with Gasteiger partial charge < -0.3 is 4.74 Å². The lowest BCUT2D eigenvalue weighted by Gasteiger charge is -2.13.